The second kappa shape index (κ2) is 3.21. The first-order valence-corrected chi connectivity index (χ1v) is 6.07. The van der Waals surface area contributed by atoms with E-state index >= 15 is 0 Å². The molecule has 1 aliphatic heterocycles. The van der Waals surface area contributed by atoms with E-state index < -0.39 is 0 Å². The van der Waals surface area contributed by atoms with Crippen molar-refractivity contribution in [2.45, 2.75) is 65.1 Å². The molecule has 1 spiro atoms. The number of hydrogen-bond acceptors (Lipinski definition) is 2. The average molecular weight is 212 g/mol. The molecule has 0 bridgehead atoms. The van der Waals surface area contributed by atoms with Gasteiger partial charge in [-0.1, -0.05) is 27.7 Å². The Bertz CT molecular complexity index is 239. The Morgan fingerprint density at radius 3 is 1.93 bits per heavy atom. The fourth-order valence-corrected chi connectivity index (χ4v) is 4.17. The largest absolute Gasteiger partial charge is 0.390 e. The molecule has 1 saturated carbocycles. The van der Waals surface area contributed by atoms with E-state index in [0.717, 1.165) is 25.9 Å². The summed E-state index contributed by atoms with van der Waals surface area (Å²) in [6.45, 7) is 9.91. The van der Waals surface area contributed by atoms with Gasteiger partial charge < -0.3 is 9.84 Å². The molecular weight excluding hydrogens is 188 g/mol. The zero-order valence-electron chi connectivity index (χ0n) is 10.5. The van der Waals surface area contributed by atoms with Crippen molar-refractivity contribution in [3.8, 4) is 0 Å². The standard InChI is InChI=1S/C13H24O2/c1-11(2)7-12(3,4)9-13(8-11)10(14)5-6-15-13/h10,14H,5-9H2,1-4H3. The maximum Gasteiger partial charge on any atom is 0.0951 e. The van der Waals surface area contributed by atoms with Crippen LogP contribution < -0.4 is 0 Å². The molecule has 1 aliphatic carbocycles. The summed E-state index contributed by atoms with van der Waals surface area (Å²) < 4.78 is 5.91. The lowest BCUT2D eigenvalue weighted by Gasteiger charge is -2.51. The normalized spacial score (nSPS) is 37.0. The van der Waals surface area contributed by atoms with Crippen LogP contribution in [0.1, 0.15) is 53.4 Å². The summed E-state index contributed by atoms with van der Waals surface area (Å²) in [6.07, 6.45) is 3.79. The second-order valence-electron chi connectivity index (χ2n) is 7.08. The summed E-state index contributed by atoms with van der Waals surface area (Å²) in [7, 11) is 0. The van der Waals surface area contributed by atoms with Crippen LogP contribution in [0.4, 0.5) is 0 Å². The zero-order valence-corrected chi connectivity index (χ0v) is 10.5. The summed E-state index contributed by atoms with van der Waals surface area (Å²) in [4.78, 5) is 0. The lowest BCUT2D eigenvalue weighted by atomic mass is 9.58. The zero-order chi connectivity index (χ0) is 11.3. The molecule has 1 saturated heterocycles. The molecule has 1 N–H and O–H groups in total. The molecule has 0 aromatic rings. The molecule has 0 radical (unpaired) electrons. The molecule has 2 nitrogen and oxygen atoms in total. The van der Waals surface area contributed by atoms with Gasteiger partial charge in [0.1, 0.15) is 0 Å². The Morgan fingerprint density at radius 1 is 1.00 bits per heavy atom. The van der Waals surface area contributed by atoms with E-state index in [0.29, 0.717) is 0 Å². The molecule has 2 heteroatoms. The van der Waals surface area contributed by atoms with Crippen molar-refractivity contribution in [2.24, 2.45) is 10.8 Å². The van der Waals surface area contributed by atoms with Crippen LogP contribution in [-0.2, 0) is 4.74 Å². The van der Waals surface area contributed by atoms with Crippen LogP contribution in [0.5, 0.6) is 0 Å². The van der Waals surface area contributed by atoms with Crippen molar-refractivity contribution in [1.29, 1.82) is 0 Å². The van der Waals surface area contributed by atoms with Crippen molar-refractivity contribution in [2.75, 3.05) is 6.61 Å². The van der Waals surface area contributed by atoms with E-state index in [-0.39, 0.29) is 22.5 Å². The van der Waals surface area contributed by atoms with Gasteiger partial charge in [0.25, 0.3) is 0 Å². The van der Waals surface area contributed by atoms with Crippen molar-refractivity contribution >= 4 is 0 Å². The predicted octanol–water partition coefficient (Wildman–Crippen LogP) is 2.74. The summed E-state index contributed by atoms with van der Waals surface area (Å²) in [5.41, 5.74) is 0.325. The molecule has 88 valence electrons. The average Bonchev–Trinajstić information content (AvgIpc) is 2.25. The predicted molar refractivity (Wildman–Crippen MR) is 60.7 cm³/mol. The van der Waals surface area contributed by atoms with E-state index in [2.05, 4.69) is 27.7 Å². The summed E-state index contributed by atoms with van der Waals surface area (Å²) in [6, 6.07) is 0. The van der Waals surface area contributed by atoms with Gasteiger partial charge in [-0.05, 0) is 36.5 Å². The third-order valence-electron chi connectivity index (χ3n) is 3.90. The lowest BCUT2D eigenvalue weighted by Crippen LogP contribution is -2.51. The molecule has 1 atom stereocenters. The van der Waals surface area contributed by atoms with Gasteiger partial charge in [-0.15, -0.1) is 0 Å². The van der Waals surface area contributed by atoms with E-state index in [1.807, 2.05) is 0 Å². The van der Waals surface area contributed by atoms with Gasteiger partial charge in [0.15, 0.2) is 0 Å². The van der Waals surface area contributed by atoms with Crippen molar-refractivity contribution in [1.82, 2.24) is 0 Å². The number of hydrogen-bond donors (Lipinski definition) is 1. The molecule has 0 amide bonds. The van der Waals surface area contributed by atoms with Crippen LogP contribution in [0.25, 0.3) is 0 Å². The highest BCUT2D eigenvalue weighted by Crippen LogP contribution is 2.54. The van der Waals surface area contributed by atoms with Crippen LogP contribution in [0.2, 0.25) is 0 Å². The fraction of sp³-hybridized carbons (Fsp3) is 1.00. The topological polar surface area (TPSA) is 29.5 Å². The van der Waals surface area contributed by atoms with Crippen LogP contribution in [-0.4, -0.2) is 23.4 Å². The minimum atomic E-state index is -0.253. The smallest absolute Gasteiger partial charge is 0.0951 e. The maximum absolute atomic E-state index is 10.1. The third kappa shape index (κ3) is 2.07. The first-order valence-electron chi connectivity index (χ1n) is 6.07. The Balaban J connectivity index is 2.26. The molecule has 0 aromatic heterocycles. The molecule has 2 fully saturated rings. The van der Waals surface area contributed by atoms with Gasteiger partial charge >= 0.3 is 0 Å². The Labute approximate surface area is 93.0 Å². The number of ether oxygens (including phenoxy) is 1. The second-order valence-corrected chi connectivity index (χ2v) is 7.08. The van der Waals surface area contributed by atoms with Gasteiger partial charge in [0, 0.05) is 0 Å². The van der Waals surface area contributed by atoms with E-state index in [1.165, 1.54) is 6.42 Å². The Morgan fingerprint density at radius 2 is 1.53 bits per heavy atom. The highest BCUT2D eigenvalue weighted by molar-refractivity contribution is 5.04. The SMILES string of the molecule is CC1(C)CC(C)(C)CC2(C1)OCCC2O. The quantitative estimate of drug-likeness (QED) is 0.669. The van der Waals surface area contributed by atoms with Crippen molar-refractivity contribution in [3.05, 3.63) is 0 Å². The molecule has 2 rings (SSSR count). The first-order chi connectivity index (χ1) is 6.75. The van der Waals surface area contributed by atoms with Crippen LogP contribution in [0.3, 0.4) is 0 Å². The van der Waals surface area contributed by atoms with Gasteiger partial charge in [0.2, 0.25) is 0 Å². The molecule has 0 aromatic carbocycles. The Kier molecular flexibility index (Phi) is 2.44. The lowest BCUT2D eigenvalue weighted by molar-refractivity contribution is -0.139. The van der Waals surface area contributed by atoms with E-state index in [1.54, 1.807) is 0 Å². The first kappa shape index (κ1) is 11.4. The number of aliphatic hydroxyl groups excluding tert-OH is 1. The summed E-state index contributed by atoms with van der Waals surface area (Å²) >= 11 is 0. The van der Waals surface area contributed by atoms with Gasteiger partial charge in [-0.25, -0.2) is 0 Å². The van der Waals surface area contributed by atoms with Crippen LogP contribution in [0.15, 0.2) is 0 Å². The van der Waals surface area contributed by atoms with Gasteiger partial charge in [-0.2, -0.15) is 0 Å². The highest BCUT2D eigenvalue weighted by atomic mass is 16.5. The fourth-order valence-electron chi connectivity index (χ4n) is 4.17. The van der Waals surface area contributed by atoms with Crippen molar-refractivity contribution < 1.29 is 9.84 Å². The molecular formula is C13H24O2. The minimum absolute atomic E-state index is 0.245. The third-order valence-corrected chi connectivity index (χ3v) is 3.90. The van der Waals surface area contributed by atoms with Gasteiger partial charge in [0.05, 0.1) is 18.3 Å². The van der Waals surface area contributed by atoms with Crippen molar-refractivity contribution in [3.63, 3.8) is 0 Å². The van der Waals surface area contributed by atoms with E-state index in [4.69, 9.17) is 4.74 Å². The molecule has 1 unspecified atom stereocenters. The van der Waals surface area contributed by atoms with Crippen LogP contribution in [0, 0.1) is 10.8 Å². The maximum atomic E-state index is 10.1. The molecule has 2 aliphatic rings. The minimum Gasteiger partial charge on any atom is -0.390 e. The molecule has 15 heavy (non-hydrogen) atoms. The Hall–Kier alpha value is -0.0800. The highest BCUT2D eigenvalue weighted by Gasteiger charge is 2.53. The van der Waals surface area contributed by atoms with E-state index in [9.17, 15) is 5.11 Å². The van der Waals surface area contributed by atoms with Crippen LogP contribution >= 0.6 is 0 Å². The summed E-state index contributed by atoms with van der Waals surface area (Å²) in [5.74, 6) is 0. The number of rotatable bonds is 0. The number of aliphatic hydroxyl groups is 1. The van der Waals surface area contributed by atoms with Gasteiger partial charge in [-0.3, -0.25) is 0 Å². The monoisotopic (exact) mass is 212 g/mol. The summed E-state index contributed by atoms with van der Waals surface area (Å²) in [5, 5.41) is 10.1. The molecule has 1 heterocycles.